The fraction of sp³-hybridized carbons (Fsp3) is 0.200. The molecular weight excluding hydrogens is 166 g/mol. The van der Waals surface area contributed by atoms with Gasteiger partial charge in [-0.05, 0) is 12.1 Å². The highest BCUT2D eigenvalue weighted by molar-refractivity contribution is 6.03. The topological polar surface area (TPSA) is 37.4 Å². The van der Waals surface area contributed by atoms with E-state index in [4.69, 9.17) is 0 Å². The van der Waals surface area contributed by atoms with Crippen LogP contribution in [-0.4, -0.2) is 23.8 Å². The van der Waals surface area contributed by atoms with Crippen molar-refractivity contribution in [2.75, 3.05) is 7.05 Å². The molecule has 0 unspecified atom stereocenters. The molecular formula is C10H11NO2. The van der Waals surface area contributed by atoms with Crippen LogP contribution in [0.4, 0.5) is 0 Å². The van der Waals surface area contributed by atoms with Gasteiger partial charge in [0.15, 0.2) is 0 Å². The van der Waals surface area contributed by atoms with Crippen molar-refractivity contribution in [2.24, 2.45) is 0 Å². The number of benzene rings is 1. The molecule has 0 aliphatic carbocycles. The predicted octanol–water partition coefficient (Wildman–Crippen LogP) is 1.31. The quantitative estimate of drug-likeness (QED) is 0.648. The maximum absolute atomic E-state index is 11.5. The van der Waals surface area contributed by atoms with Crippen LogP contribution in [0.15, 0.2) is 30.3 Å². The molecule has 3 nitrogen and oxygen atoms in total. The molecule has 1 aromatic carbocycles. The smallest absolute Gasteiger partial charge is 0.260 e. The lowest BCUT2D eigenvalue weighted by Gasteiger charge is -2.12. The number of amides is 2. The first kappa shape index (κ1) is 9.45. The summed E-state index contributed by atoms with van der Waals surface area (Å²) in [5.74, 6) is -0.526. The van der Waals surface area contributed by atoms with Gasteiger partial charge in [0.2, 0.25) is 5.91 Å². The molecule has 0 aliphatic rings. The third kappa shape index (κ3) is 2.15. The molecule has 3 heteroatoms. The minimum Gasteiger partial charge on any atom is -0.282 e. The van der Waals surface area contributed by atoms with Crippen molar-refractivity contribution in [1.82, 2.24) is 4.90 Å². The van der Waals surface area contributed by atoms with Crippen molar-refractivity contribution in [3.05, 3.63) is 35.9 Å². The van der Waals surface area contributed by atoms with Gasteiger partial charge in [-0.25, -0.2) is 0 Å². The highest BCUT2D eigenvalue weighted by Gasteiger charge is 2.13. The first-order valence-corrected chi connectivity index (χ1v) is 3.96. The largest absolute Gasteiger partial charge is 0.282 e. The van der Waals surface area contributed by atoms with Crippen LogP contribution >= 0.6 is 0 Å². The molecule has 1 rings (SSSR count). The molecule has 0 spiro atoms. The van der Waals surface area contributed by atoms with Crippen molar-refractivity contribution in [3.8, 4) is 0 Å². The summed E-state index contributed by atoms with van der Waals surface area (Å²) in [5, 5.41) is 0. The van der Waals surface area contributed by atoms with Gasteiger partial charge in [-0.2, -0.15) is 0 Å². The Hall–Kier alpha value is -1.64. The molecule has 68 valence electrons. The molecule has 2 amide bonds. The zero-order valence-corrected chi connectivity index (χ0v) is 7.65. The molecule has 0 bridgehead atoms. The van der Waals surface area contributed by atoms with E-state index in [1.165, 1.54) is 14.0 Å². The van der Waals surface area contributed by atoms with Crippen molar-refractivity contribution < 1.29 is 9.59 Å². The molecule has 0 aromatic heterocycles. The average molecular weight is 177 g/mol. The van der Waals surface area contributed by atoms with Crippen molar-refractivity contribution in [3.63, 3.8) is 0 Å². The van der Waals surface area contributed by atoms with Gasteiger partial charge < -0.3 is 0 Å². The van der Waals surface area contributed by atoms with Gasteiger partial charge >= 0.3 is 0 Å². The minimum atomic E-state index is -0.270. The third-order valence-corrected chi connectivity index (χ3v) is 1.80. The van der Waals surface area contributed by atoms with Crippen LogP contribution in [-0.2, 0) is 4.79 Å². The van der Waals surface area contributed by atoms with E-state index in [-0.39, 0.29) is 11.8 Å². The Morgan fingerprint density at radius 3 is 2.15 bits per heavy atom. The van der Waals surface area contributed by atoms with Gasteiger partial charge in [-0.1, -0.05) is 18.2 Å². The number of hydrogen-bond donors (Lipinski definition) is 0. The lowest BCUT2D eigenvalue weighted by Crippen LogP contribution is -2.30. The van der Waals surface area contributed by atoms with Crippen molar-refractivity contribution in [1.29, 1.82) is 0 Å². The molecule has 1 aromatic rings. The SMILES string of the molecule is CC(=O)N(C)C(=O)c1ccccc1. The fourth-order valence-corrected chi connectivity index (χ4v) is 0.917. The number of hydrogen-bond acceptors (Lipinski definition) is 2. The highest BCUT2D eigenvalue weighted by atomic mass is 16.2. The van der Waals surface area contributed by atoms with Crippen LogP contribution in [0.1, 0.15) is 17.3 Å². The van der Waals surface area contributed by atoms with E-state index in [1.807, 2.05) is 6.07 Å². The van der Waals surface area contributed by atoms with E-state index < -0.39 is 0 Å². The summed E-state index contributed by atoms with van der Waals surface area (Å²) >= 11 is 0. The van der Waals surface area contributed by atoms with E-state index in [1.54, 1.807) is 24.3 Å². The summed E-state index contributed by atoms with van der Waals surface area (Å²) in [6.45, 7) is 1.36. The van der Waals surface area contributed by atoms with Crippen LogP contribution in [0.2, 0.25) is 0 Å². The summed E-state index contributed by atoms with van der Waals surface area (Å²) in [4.78, 5) is 23.4. The van der Waals surface area contributed by atoms with Gasteiger partial charge in [0.05, 0.1) is 0 Å². The van der Waals surface area contributed by atoms with E-state index >= 15 is 0 Å². The van der Waals surface area contributed by atoms with Gasteiger partial charge in [0.1, 0.15) is 0 Å². The van der Waals surface area contributed by atoms with Crippen LogP contribution < -0.4 is 0 Å². The third-order valence-electron chi connectivity index (χ3n) is 1.80. The molecule has 0 saturated heterocycles. The van der Waals surface area contributed by atoms with Gasteiger partial charge in [-0.15, -0.1) is 0 Å². The molecule has 0 N–H and O–H groups in total. The second-order valence-corrected chi connectivity index (χ2v) is 2.75. The second kappa shape index (κ2) is 3.85. The summed E-state index contributed by atoms with van der Waals surface area (Å²) < 4.78 is 0. The summed E-state index contributed by atoms with van der Waals surface area (Å²) in [6, 6.07) is 8.72. The standard InChI is InChI=1S/C10H11NO2/c1-8(12)11(2)10(13)9-6-4-3-5-7-9/h3-7H,1-2H3. The average Bonchev–Trinajstić information content (AvgIpc) is 2.17. The van der Waals surface area contributed by atoms with E-state index in [0.29, 0.717) is 5.56 Å². The van der Waals surface area contributed by atoms with Gasteiger partial charge in [0.25, 0.3) is 5.91 Å². The number of carbonyl (C=O) groups is 2. The van der Waals surface area contributed by atoms with Gasteiger partial charge in [-0.3, -0.25) is 14.5 Å². The zero-order chi connectivity index (χ0) is 9.84. The Labute approximate surface area is 77.0 Å². The Morgan fingerprint density at radius 1 is 1.15 bits per heavy atom. The molecule has 0 heterocycles. The number of rotatable bonds is 1. The second-order valence-electron chi connectivity index (χ2n) is 2.75. The normalized spacial score (nSPS) is 9.38. The van der Waals surface area contributed by atoms with Crippen LogP contribution in [0, 0.1) is 0 Å². The maximum Gasteiger partial charge on any atom is 0.260 e. The predicted molar refractivity (Wildman–Crippen MR) is 49.2 cm³/mol. The zero-order valence-electron chi connectivity index (χ0n) is 7.65. The van der Waals surface area contributed by atoms with Gasteiger partial charge in [0, 0.05) is 19.5 Å². The summed E-state index contributed by atoms with van der Waals surface area (Å²) in [7, 11) is 1.47. The Morgan fingerprint density at radius 2 is 1.69 bits per heavy atom. The molecule has 0 fully saturated rings. The van der Waals surface area contributed by atoms with Crippen molar-refractivity contribution in [2.45, 2.75) is 6.92 Å². The first-order chi connectivity index (χ1) is 6.13. The Balaban J connectivity index is 2.86. The van der Waals surface area contributed by atoms with Crippen LogP contribution in [0.5, 0.6) is 0 Å². The highest BCUT2D eigenvalue weighted by Crippen LogP contribution is 2.02. The van der Waals surface area contributed by atoms with E-state index in [0.717, 1.165) is 4.90 Å². The monoisotopic (exact) mass is 177 g/mol. The molecule has 13 heavy (non-hydrogen) atoms. The van der Waals surface area contributed by atoms with Crippen LogP contribution in [0.25, 0.3) is 0 Å². The molecule has 0 aliphatic heterocycles. The number of carbonyl (C=O) groups excluding carboxylic acids is 2. The Bertz CT molecular complexity index is 319. The van der Waals surface area contributed by atoms with E-state index in [2.05, 4.69) is 0 Å². The maximum atomic E-state index is 11.5. The number of nitrogens with zero attached hydrogens (tertiary/aromatic N) is 1. The Kier molecular flexibility index (Phi) is 2.80. The molecule has 0 saturated carbocycles. The summed E-state index contributed by atoms with van der Waals surface area (Å²) in [6.07, 6.45) is 0. The fourth-order valence-electron chi connectivity index (χ4n) is 0.917. The number of imide groups is 1. The minimum absolute atomic E-state index is 0.256. The molecule has 0 atom stereocenters. The summed E-state index contributed by atoms with van der Waals surface area (Å²) in [5.41, 5.74) is 0.528. The van der Waals surface area contributed by atoms with Crippen LogP contribution in [0.3, 0.4) is 0 Å². The first-order valence-electron chi connectivity index (χ1n) is 3.96. The van der Waals surface area contributed by atoms with E-state index in [9.17, 15) is 9.59 Å². The lowest BCUT2D eigenvalue weighted by atomic mass is 10.2. The molecule has 0 radical (unpaired) electrons. The lowest BCUT2D eigenvalue weighted by molar-refractivity contribution is -0.125. The van der Waals surface area contributed by atoms with Crippen molar-refractivity contribution >= 4 is 11.8 Å².